The summed E-state index contributed by atoms with van der Waals surface area (Å²) in [5.41, 5.74) is 2.81. The number of carbonyl (C=O) groups excluding carboxylic acids is 1. The Balaban J connectivity index is 1.71. The van der Waals surface area contributed by atoms with Gasteiger partial charge in [0.1, 0.15) is 0 Å². The third kappa shape index (κ3) is 3.55. The molecule has 5 rings (SSSR count). The van der Waals surface area contributed by atoms with Crippen LogP contribution in [0.15, 0.2) is 35.1 Å². The van der Waals surface area contributed by atoms with Gasteiger partial charge < -0.3 is 28.8 Å². The van der Waals surface area contributed by atoms with Crippen molar-refractivity contribution in [2.75, 3.05) is 27.6 Å². The number of amides is 1. The van der Waals surface area contributed by atoms with Gasteiger partial charge in [0.2, 0.25) is 12.7 Å². The van der Waals surface area contributed by atoms with Crippen LogP contribution in [0.2, 0.25) is 0 Å². The van der Waals surface area contributed by atoms with E-state index in [4.69, 9.17) is 18.9 Å². The van der Waals surface area contributed by atoms with Crippen LogP contribution in [-0.4, -0.2) is 43.3 Å². The number of hydrogen-bond donors (Lipinski definition) is 1. The van der Waals surface area contributed by atoms with Crippen molar-refractivity contribution in [3.05, 3.63) is 57.4 Å². The Kier molecular flexibility index (Phi) is 5.36. The van der Waals surface area contributed by atoms with Crippen LogP contribution >= 0.6 is 0 Å². The quantitative estimate of drug-likeness (QED) is 0.640. The highest BCUT2D eigenvalue weighted by atomic mass is 16.7. The Hall–Kier alpha value is -3.68. The van der Waals surface area contributed by atoms with Crippen LogP contribution < -0.4 is 24.5 Å². The predicted octanol–water partition coefficient (Wildman–Crippen LogP) is 3.55. The lowest BCUT2D eigenvalue weighted by Gasteiger charge is -2.38. The van der Waals surface area contributed by atoms with Gasteiger partial charge in [-0.2, -0.15) is 0 Å². The normalized spacial score (nSPS) is 16.6. The van der Waals surface area contributed by atoms with E-state index in [1.807, 2.05) is 31.2 Å². The topological polar surface area (TPSA) is 90.1 Å². The van der Waals surface area contributed by atoms with Crippen LogP contribution in [-0.2, 0) is 11.2 Å². The second kappa shape index (κ2) is 8.35. The zero-order valence-electron chi connectivity index (χ0n) is 18.9. The van der Waals surface area contributed by atoms with Crippen LogP contribution in [0.5, 0.6) is 23.0 Å². The highest BCUT2D eigenvalue weighted by Crippen LogP contribution is 2.42. The highest BCUT2D eigenvalue weighted by molar-refractivity contribution is 5.84. The van der Waals surface area contributed by atoms with Gasteiger partial charge >= 0.3 is 0 Å². The maximum absolute atomic E-state index is 13.3. The smallest absolute Gasteiger partial charge is 0.254 e. The fraction of sp³-hybridized carbons (Fsp3) is 0.360. The molecule has 2 aliphatic rings. The molecule has 2 aromatic carbocycles. The summed E-state index contributed by atoms with van der Waals surface area (Å²) in [5, 5.41) is 0.810. The molecule has 0 saturated carbocycles. The SMILES string of the molecule is CCCC(=O)N1CCc2cc(OC)c(OC)cc2[C@H]1c1cc2cc3c(cc2[nH]c1=O)OCO3. The van der Waals surface area contributed by atoms with Crippen molar-refractivity contribution >= 4 is 16.8 Å². The van der Waals surface area contributed by atoms with Crippen molar-refractivity contribution in [1.29, 1.82) is 0 Å². The third-order valence-electron chi connectivity index (χ3n) is 6.32. The fourth-order valence-corrected chi connectivity index (χ4v) is 4.72. The summed E-state index contributed by atoms with van der Waals surface area (Å²) in [6.07, 6.45) is 1.83. The number of pyridine rings is 1. The van der Waals surface area contributed by atoms with Gasteiger partial charge in [0.25, 0.3) is 5.56 Å². The van der Waals surface area contributed by atoms with E-state index in [0.717, 1.165) is 22.9 Å². The molecule has 0 bridgehead atoms. The van der Waals surface area contributed by atoms with Crippen molar-refractivity contribution < 1.29 is 23.7 Å². The van der Waals surface area contributed by atoms with Crippen LogP contribution in [0.3, 0.4) is 0 Å². The van der Waals surface area contributed by atoms with E-state index in [0.29, 0.717) is 53.5 Å². The first-order valence-corrected chi connectivity index (χ1v) is 11.0. The molecule has 8 nitrogen and oxygen atoms in total. The largest absolute Gasteiger partial charge is 0.493 e. The van der Waals surface area contributed by atoms with Crippen LogP contribution in [0.25, 0.3) is 10.9 Å². The molecule has 0 radical (unpaired) electrons. The number of hydrogen-bond acceptors (Lipinski definition) is 6. The van der Waals surface area contributed by atoms with Gasteiger partial charge in [0.05, 0.1) is 25.8 Å². The number of nitrogens with zero attached hydrogens (tertiary/aromatic N) is 1. The minimum Gasteiger partial charge on any atom is -0.493 e. The summed E-state index contributed by atoms with van der Waals surface area (Å²) in [6, 6.07) is 8.76. The van der Waals surface area contributed by atoms with Gasteiger partial charge in [-0.1, -0.05) is 6.92 Å². The number of methoxy groups -OCH3 is 2. The molecule has 1 atom stereocenters. The van der Waals surface area contributed by atoms with Crippen molar-refractivity contribution in [3.8, 4) is 23.0 Å². The second-order valence-electron chi connectivity index (χ2n) is 8.24. The number of H-pyrrole nitrogens is 1. The molecule has 0 saturated heterocycles. The Morgan fingerprint density at radius 1 is 1.06 bits per heavy atom. The van der Waals surface area contributed by atoms with Crippen LogP contribution in [0.4, 0.5) is 0 Å². The number of rotatable bonds is 5. The number of carbonyl (C=O) groups is 1. The maximum Gasteiger partial charge on any atom is 0.254 e. The number of benzene rings is 2. The van der Waals surface area contributed by atoms with Crippen molar-refractivity contribution in [3.63, 3.8) is 0 Å². The molecule has 1 N–H and O–H groups in total. The molecule has 3 heterocycles. The molecule has 1 aromatic heterocycles. The summed E-state index contributed by atoms with van der Waals surface area (Å²) < 4.78 is 22.0. The Labute approximate surface area is 191 Å². The predicted molar refractivity (Wildman–Crippen MR) is 122 cm³/mol. The molecule has 0 aliphatic carbocycles. The Bertz CT molecular complexity index is 1300. The first kappa shape index (κ1) is 21.2. The molecule has 8 heteroatoms. The highest BCUT2D eigenvalue weighted by Gasteiger charge is 2.34. The average Bonchev–Trinajstić information content (AvgIpc) is 3.28. The van der Waals surface area contributed by atoms with Crippen LogP contribution in [0, 0.1) is 0 Å². The summed E-state index contributed by atoms with van der Waals surface area (Å²) in [7, 11) is 3.17. The molecule has 33 heavy (non-hydrogen) atoms. The lowest BCUT2D eigenvalue weighted by atomic mass is 9.87. The molecule has 0 fully saturated rings. The molecule has 1 amide bonds. The second-order valence-corrected chi connectivity index (χ2v) is 8.24. The molecular formula is C25H26N2O6. The van der Waals surface area contributed by atoms with E-state index >= 15 is 0 Å². The standard InChI is InChI=1S/C25H26N2O6/c1-4-5-23(28)27-7-6-14-9-19(30-2)20(31-3)11-16(14)24(27)17-8-15-10-21-22(33-13-32-21)12-18(15)26-25(17)29/h8-12,24H,4-7,13H2,1-3H3,(H,26,29)/t24-/m0/s1. The molecular weight excluding hydrogens is 424 g/mol. The fourth-order valence-electron chi connectivity index (χ4n) is 4.72. The van der Waals surface area contributed by atoms with Crippen molar-refractivity contribution in [2.24, 2.45) is 0 Å². The van der Waals surface area contributed by atoms with Gasteiger partial charge in [-0.25, -0.2) is 0 Å². The Morgan fingerprint density at radius 3 is 2.52 bits per heavy atom. The monoisotopic (exact) mass is 450 g/mol. The maximum atomic E-state index is 13.3. The molecule has 0 spiro atoms. The lowest BCUT2D eigenvalue weighted by molar-refractivity contribution is -0.133. The zero-order valence-corrected chi connectivity index (χ0v) is 18.9. The van der Waals surface area contributed by atoms with Crippen molar-refractivity contribution in [1.82, 2.24) is 9.88 Å². The summed E-state index contributed by atoms with van der Waals surface area (Å²) in [6.45, 7) is 2.65. The summed E-state index contributed by atoms with van der Waals surface area (Å²) in [5.74, 6) is 2.45. The van der Waals surface area contributed by atoms with E-state index in [9.17, 15) is 9.59 Å². The number of fused-ring (bicyclic) bond motifs is 3. The number of aromatic amines is 1. The van der Waals surface area contributed by atoms with Crippen molar-refractivity contribution in [2.45, 2.75) is 32.2 Å². The number of ether oxygens (including phenoxy) is 4. The van der Waals surface area contributed by atoms with Gasteiger partial charge in [0.15, 0.2) is 23.0 Å². The third-order valence-corrected chi connectivity index (χ3v) is 6.32. The van der Waals surface area contributed by atoms with E-state index in [2.05, 4.69) is 4.98 Å². The van der Waals surface area contributed by atoms with Crippen LogP contribution in [0.1, 0.15) is 42.5 Å². The summed E-state index contributed by atoms with van der Waals surface area (Å²) in [4.78, 5) is 31.2. The average molecular weight is 450 g/mol. The number of nitrogens with one attached hydrogen (secondary N) is 1. The van der Waals surface area contributed by atoms with E-state index < -0.39 is 6.04 Å². The molecule has 3 aromatic rings. The minimum atomic E-state index is -0.536. The van der Waals surface area contributed by atoms with Gasteiger partial charge in [-0.15, -0.1) is 0 Å². The molecule has 0 unspecified atom stereocenters. The first-order valence-electron chi connectivity index (χ1n) is 11.0. The van der Waals surface area contributed by atoms with E-state index in [-0.39, 0.29) is 18.3 Å². The first-order chi connectivity index (χ1) is 16.0. The molecule has 2 aliphatic heterocycles. The van der Waals surface area contributed by atoms with E-state index in [1.165, 1.54) is 0 Å². The van der Waals surface area contributed by atoms with Gasteiger partial charge in [0, 0.05) is 30.0 Å². The number of aromatic nitrogens is 1. The van der Waals surface area contributed by atoms with Gasteiger partial charge in [-0.05, 0) is 48.2 Å². The Morgan fingerprint density at radius 2 is 1.79 bits per heavy atom. The van der Waals surface area contributed by atoms with Gasteiger partial charge in [-0.3, -0.25) is 9.59 Å². The zero-order chi connectivity index (χ0) is 23.1. The lowest BCUT2D eigenvalue weighted by Crippen LogP contribution is -2.42. The summed E-state index contributed by atoms with van der Waals surface area (Å²) >= 11 is 0. The molecule has 172 valence electrons. The van der Waals surface area contributed by atoms with E-state index in [1.54, 1.807) is 25.2 Å². The minimum absolute atomic E-state index is 0.0214.